The Morgan fingerprint density at radius 1 is 1.50 bits per heavy atom. The third-order valence-corrected chi connectivity index (χ3v) is 4.11. The minimum Gasteiger partial charge on any atom is -0.377 e. The van der Waals surface area contributed by atoms with Gasteiger partial charge in [0, 0.05) is 25.6 Å². The molecule has 0 aromatic carbocycles. The number of rotatable bonds is 6. The quantitative estimate of drug-likeness (QED) is 0.835. The number of methoxy groups -OCH3 is 1. The molecule has 5 heteroatoms. The van der Waals surface area contributed by atoms with E-state index in [2.05, 4.69) is 29.2 Å². The van der Waals surface area contributed by atoms with Crippen LogP contribution in [0.1, 0.15) is 45.0 Å². The zero-order valence-electron chi connectivity index (χ0n) is 11.8. The van der Waals surface area contributed by atoms with Crippen molar-refractivity contribution < 1.29 is 4.74 Å². The van der Waals surface area contributed by atoms with Gasteiger partial charge in [-0.2, -0.15) is 5.10 Å². The largest absolute Gasteiger partial charge is 0.377 e. The lowest BCUT2D eigenvalue weighted by Gasteiger charge is -2.46. The van der Waals surface area contributed by atoms with Gasteiger partial charge in [0.25, 0.3) is 0 Å². The van der Waals surface area contributed by atoms with Crippen LogP contribution in [0.4, 0.5) is 0 Å². The Hall–Kier alpha value is -0.940. The fourth-order valence-corrected chi connectivity index (χ4v) is 2.81. The van der Waals surface area contributed by atoms with Crippen LogP contribution in [-0.2, 0) is 11.2 Å². The molecule has 1 N–H and O–H groups in total. The molecule has 0 radical (unpaired) electrons. The van der Waals surface area contributed by atoms with Gasteiger partial charge in [-0.1, -0.05) is 0 Å². The second-order valence-corrected chi connectivity index (χ2v) is 5.38. The summed E-state index contributed by atoms with van der Waals surface area (Å²) in [5.74, 6) is 1.03. The lowest BCUT2D eigenvalue weighted by Crippen LogP contribution is -2.56. The highest BCUT2D eigenvalue weighted by molar-refractivity contribution is 5.04. The predicted octanol–water partition coefficient (Wildman–Crippen LogP) is 1.56. The molecule has 1 fully saturated rings. The van der Waals surface area contributed by atoms with Gasteiger partial charge in [-0.15, -0.1) is 0 Å². The molecule has 5 nitrogen and oxygen atoms in total. The minimum atomic E-state index is -0.0114. The Balaban J connectivity index is 2.13. The summed E-state index contributed by atoms with van der Waals surface area (Å²) in [6, 6.07) is 0.651. The number of nitrogens with one attached hydrogen (secondary N) is 1. The minimum absolute atomic E-state index is 0.0114. The molecule has 0 bridgehead atoms. The summed E-state index contributed by atoms with van der Waals surface area (Å²) in [4.78, 5) is 4.39. The Morgan fingerprint density at radius 3 is 2.67 bits per heavy atom. The van der Waals surface area contributed by atoms with E-state index >= 15 is 0 Å². The zero-order valence-corrected chi connectivity index (χ0v) is 11.8. The maximum Gasteiger partial charge on any atom is 0.138 e. The van der Waals surface area contributed by atoms with Crippen LogP contribution in [0.3, 0.4) is 0 Å². The van der Waals surface area contributed by atoms with Crippen molar-refractivity contribution in [3.8, 4) is 0 Å². The lowest BCUT2D eigenvalue weighted by molar-refractivity contribution is -0.0972. The molecule has 1 aliphatic carbocycles. The standard InChI is InChI=1S/C13H24N4O/c1-10(2)17-12(15-9-16-17)8-11(14-3)13(18-4)6-5-7-13/h9-11,14H,5-8H2,1-4H3. The van der Waals surface area contributed by atoms with Crippen molar-refractivity contribution in [3.05, 3.63) is 12.2 Å². The monoisotopic (exact) mass is 252 g/mol. The van der Waals surface area contributed by atoms with Crippen molar-refractivity contribution in [2.45, 2.75) is 57.2 Å². The van der Waals surface area contributed by atoms with E-state index in [0.717, 1.165) is 25.1 Å². The second-order valence-electron chi connectivity index (χ2n) is 5.38. The van der Waals surface area contributed by atoms with Crippen molar-refractivity contribution in [1.29, 1.82) is 0 Å². The number of likely N-dealkylation sites (N-methyl/N-ethyl adjacent to an activating group) is 1. The summed E-state index contributed by atoms with van der Waals surface area (Å²) in [5.41, 5.74) is -0.0114. The first-order valence-electron chi connectivity index (χ1n) is 6.74. The van der Waals surface area contributed by atoms with Crippen LogP contribution in [-0.4, -0.2) is 40.6 Å². The number of hydrogen-bond acceptors (Lipinski definition) is 4. The summed E-state index contributed by atoms with van der Waals surface area (Å²) < 4.78 is 7.75. The maximum atomic E-state index is 5.76. The molecule has 0 aliphatic heterocycles. The van der Waals surface area contributed by atoms with Gasteiger partial charge in [0.2, 0.25) is 0 Å². The molecule has 1 aliphatic rings. The number of ether oxygens (including phenoxy) is 1. The Bertz CT molecular complexity index is 379. The molecule has 1 aromatic heterocycles. The van der Waals surface area contributed by atoms with Gasteiger partial charge in [0.15, 0.2) is 0 Å². The van der Waals surface area contributed by atoms with E-state index in [9.17, 15) is 0 Å². The van der Waals surface area contributed by atoms with Crippen LogP contribution < -0.4 is 5.32 Å². The van der Waals surface area contributed by atoms with Gasteiger partial charge in [-0.05, 0) is 40.2 Å². The van der Waals surface area contributed by atoms with Crippen molar-refractivity contribution >= 4 is 0 Å². The molecule has 0 spiro atoms. The molecule has 1 atom stereocenters. The molecule has 1 saturated carbocycles. The van der Waals surface area contributed by atoms with Gasteiger partial charge in [0.1, 0.15) is 12.2 Å². The van der Waals surface area contributed by atoms with E-state index in [1.54, 1.807) is 6.33 Å². The summed E-state index contributed by atoms with van der Waals surface area (Å²) in [6.45, 7) is 4.25. The molecule has 0 saturated heterocycles. The normalized spacial score (nSPS) is 19.8. The average molecular weight is 252 g/mol. The molecule has 1 aromatic rings. The molecule has 2 rings (SSSR count). The highest BCUT2D eigenvalue weighted by Gasteiger charge is 2.44. The first-order valence-corrected chi connectivity index (χ1v) is 6.74. The second kappa shape index (κ2) is 5.36. The first-order chi connectivity index (χ1) is 8.63. The summed E-state index contributed by atoms with van der Waals surface area (Å²) >= 11 is 0. The lowest BCUT2D eigenvalue weighted by atomic mass is 9.73. The van der Waals surface area contributed by atoms with Crippen molar-refractivity contribution in [3.63, 3.8) is 0 Å². The van der Waals surface area contributed by atoms with E-state index < -0.39 is 0 Å². The van der Waals surface area contributed by atoms with Crippen LogP contribution in [0, 0.1) is 0 Å². The average Bonchev–Trinajstić information content (AvgIpc) is 2.75. The molecular weight excluding hydrogens is 228 g/mol. The summed E-state index contributed by atoms with van der Waals surface area (Å²) in [6.07, 6.45) is 6.02. The van der Waals surface area contributed by atoms with Crippen molar-refractivity contribution in [2.24, 2.45) is 0 Å². The summed E-state index contributed by atoms with van der Waals surface area (Å²) in [5, 5.41) is 7.69. The van der Waals surface area contributed by atoms with E-state index in [1.807, 2.05) is 18.8 Å². The van der Waals surface area contributed by atoms with Crippen LogP contribution >= 0.6 is 0 Å². The van der Waals surface area contributed by atoms with Crippen LogP contribution in [0.15, 0.2) is 6.33 Å². The molecule has 102 valence electrons. The molecule has 1 unspecified atom stereocenters. The molecule has 0 amide bonds. The predicted molar refractivity (Wildman–Crippen MR) is 70.5 cm³/mol. The Labute approximate surface area is 109 Å². The van der Waals surface area contributed by atoms with Gasteiger partial charge >= 0.3 is 0 Å². The first kappa shape index (κ1) is 13.5. The van der Waals surface area contributed by atoms with E-state index in [-0.39, 0.29) is 5.60 Å². The van der Waals surface area contributed by atoms with Gasteiger partial charge < -0.3 is 10.1 Å². The Kier molecular flexibility index (Phi) is 4.02. The highest BCUT2D eigenvalue weighted by atomic mass is 16.5. The van der Waals surface area contributed by atoms with Gasteiger partial charge in [-0.25, -0.2) is 9.67 Å². The fourth-order valence-electron chi connectivity index (χ4n) is 2.81. The van der Waals surface area contributed by atoms with Crippen molar-refractivity contribution in [2.75, 3.05) is 14.2 Å². The SMILES string of the molecule is CNC(Cc1ncnn1C(C)C)C1(OC)CCC1. The molecule has 1 heterocycles. The summed E-state index contributed by atoms with van der Waals surface area (Å²) in [7, 11) is 3.82. The number of hydrogen-bond donors (Lipinski definition) is 1. The molecule has 18 heavy (non-hydrogen) atoms. The Morgan fingerprint density at radius 2 is 2.22 bits per heavy atom. The van der Waals surface area contributed by atoms with Crippen LogP contribution in [0.5, 0.6) is 0 Å². The van der Waals surface area contributed by atoms with E-state index in [1.165, 1.54) is 6.42 Å². The highest BCUT2D eigenvalue weighted by Crippen LogP contribution is 2.39. The number of aromatic nitrogens is 3. The van der Waals surface area contributed by atoms with E-state index in [0.29, 0.717) is 12.1 Å². The van der Waals surface area contributed by atoms with Gasteiger partial charge in [0.05, 0.1) is 5.60 Å². The smallest absolute Gasteiger partial charge is 0.138 e. The zero-order chi connectivity index (χ0) is 13.2. The fraction of sp³-hybridized carbons (Fsp3) is 0.846. The third kappa shape index (κ3) is 2.29. The van der Waals surface area contributed by atoms with Crippen LogP contribution in [0.2, 0.25) is 0 Å². The third-order valence-electron chi connectivity index (χ3n) is 4.11. The van der Waals surface area contributed by atoms with E-state index in [4.69, 9.17) is 4.74 Å². The van der Waals surface area contributed by atoms with Crippen LogP contribution in [0.25, 0.3) is 0 Å². The number of nitrogens with zero attached hydrogens (tertiary/aromatic N) is 3. The topological polar surface area (TPSA) is 52.0 Å². The van der Waals surface area contributed by atoms with Crippen molar-refractivity contribution in [1.82, 2.24) is 20.1 Å². The van der Waals surface area contributed by atoms with Gasteiger partial charge in [-0.3, -0.25) is 0 Å². The molecular formula is C13H24N4O. The maximum absolute atomic E-state index is 5.76.